The molecule has 1 aromatic heterocycles. The normalized spacial score (nSPS) is 22.2. The molecule has 2 heterocycles. The number of piperidine rings is 1. The fraction of sp³-hybridized carbons (Fsp3) is 0.800. The SMILES string of the molecule is C[B]N1CCCC(c2nc(CNC)no2)C1. The lowest BCUT2D eigenvalue weighted by Crippen LogP contribution is -2.36. The van der Waals surface area contributed by atoms with Crippen molar-refractivity contribution in [2.45, 2.75) is 32.1 Å². The second kappa shape index (κ2) is 5.45. The largest absolute Gasteiger partial charge is 0.346 e. The van der Waals surface area contributed by atoms with Crippen molar-refractivity contribution in [3.05, 3.63) is 11.7 Å². The Hall–Kier alpha value is -0.875. The smallest absolute Gasteiger partial charge is 0.231 e. The van der Waals surface area contributed by atoms with E-state index in [0.29, 0.717) is 12.5 Å². The van der Waals surface area contributed by atoms with Crippen LogP contribution in [0.25, 0.3) is 0 Å². The maximum absolute atomic E-state index is 5.31. The first kappa shape index (κ1) is 11.6. The van der Waals surface area contributed by atoms with E-state index in [2.05, 4.69) is 34.5 Å². The molecule has 1 aromatic rings. The maximum atomic E-state index is 5.31. The predicted octanol–water partition coefficient (Wildman–Crippen LogP) is 0.636. The molecule has 16 heavy (non-hydrogen) atoms. The van der Waals surface area contributed by atoms with Crippen molar-refractivity contribution in [3.63, 3.8) is 0 Å². The van der Waals surface area contributed by atoms with Gasteiger partial charge in [0.25, 0.3) is 0 Å². The van der Waals surface area contributed by atoms with E-state index in [0.717, 1.165) is 31.2 Å². The zero-order chi connectivity index (χ0) is 11.4. The fourth-order valence-corrected chi connectivity index (χ4v) is 2.11. The molecule has 1 radical (unpaired) electrons. The highest BCUT2D eigenvalue weighted by Crippen LogP contribution is 2.24. The summed E-state index contributed by atoms with van der Waals surface area (Å²) in [5, 5.41) is 6.97. The van der Waals surface area contributed by atoms with Gasteiger partial charge in [-0.15, -0.1) is 0 Å². The molecule has 0 spiro atoms. The third kappa shape index (κ3) is 2.62. The predicted molar refractivity (Wildman–Crippen MR) is 62.2 cm³/mol. The molecule has 1 aliphatic rings. The van der Waals surface area contributed by atoms with E-state index in [4.69, 9.17) is 4.52 Å². The van der Waals surface area contributed by atoms with Crippen molar-refractivity contribution in [1.82, 2.24) is 20.3 Å². The molecule has 0 aromatic carbocycles. The first-order valence-corrected chi connectivity index (χ1v) is 5.84. The molecule has 87 valence electrons. The molecule has 5 nitrogen and oxygen atoms in total. The third-order valence-corrected chi connectivity index (χ3v) is 2.99. The second-order valence-corrected chi connectivity index (χ2v) is 4.17. The van der Waals surface area contributed by atoms with Gasteiger partial charge in [-0.25, -0.2) is 0 Å². The summed E-state index contributed by atoms with van der Waals surface area (Å²) < 4.78 is 5.31. The molecule has 1 fully saturated rings. The molecular formula is C10H18BN4O. The first-order chi connectivity index (χ1) is 7.83. The number of aromatic nitrogens is 2. The van der Waals surface area contributed by atoms with Gasteiger partial charge in [-0.1, -0.05) is 12.0 Å². The topological polar surface area (TPSA) is 54.2 Å². The zero-order valence-corrected chi connectivity index (χ0v) is 9.94. The second-order valence-electron chi connectivity index (χ2n) is 4.17. The minimum absolute atomic E-state index is 0.392. The minimum atomic E-state index is 0.392. The number of nitrogens with one attached hydrogen (secondary N) is 1. The first-order valence-electron chi connectivity index (χ1n) is 5.84. The van der Waals surface area contributed by atoms with Gasteiger partial charge < -0.3 is 14.7 Å². The van der Waals surface area contributed by atoms with Gasteiger partial charge in [0.1, 0.15) is 0 Å². The standard InChI is InChI=1S/C10H18BN4O/c1-11-15-5-3-4-8(7-15)10-13-9(6-12-2)14-16-10/h8,12H,3-7H2,1-2H3. The highest BCUT2D eigenvalue weighted by atomic mass is 16.5. The molecule has 0 bridgehead atoms. The average Bonchev–Trinajstić information content (AvgIpc) is 2.78. The van der Waals surface area contributed by atoms with Crippen LogP contribution in [0, 0.1) is 0 Å². The van der Waals surface area contributed by atoms with Crippen LogP contribution in [0.5, 0.6) is 0 Å². The van der Waals surface area contributed by atoms with Crippen molar-refractivity contribution < 1.29 is 4.52 Å². The lowest BCUT2D eigenvalue weighted by Gasteiger charge is -2.29. The van der Waals surface area contributed by atoms with Gasteiger partial charge >= 0.3 is 0 Å². The van der Waals surface area contributed by atoms with E-state index < -0.39 is 0 Å². The van der Waals surface area contributed by atoms with Crippen molar-refractivity contribution in [2.24, 2.45) is 0 Å². The summed E-state index contributed by atoms with van der Waals surface area (Å²) in [6, 6.07) is 0. The summed E-state index contributed by atoms with van der Waals surface area (Å²) >= 11 is 0. The lowest BCUT2D eigenvalue weighted by atomic mass is 9.88. The van der Waals surface area contributed by atoms with Gasteiger partial charge in [-0.2, -0.15) is 4.98 Å². The van der Waals surface area contributed by atoms with Crippen LogP contribution in [0.2, 0.25) is 6.82 Å². The summed E-state index contributed by atoms with van der Waals surface area (Å²) in [7, 11) is 4.02. The summed E-state index contributed by atoms with van der Waals surface area (Å²) in [5.74, 6) is 1.93. The van der Waals surface area contributed by atoms with E-state index in [-0.39, 0.29) is 0 Å². The molecular weight excluding hydrogens is 203 g/mol. The van der Waals surface area contributed by atoms with E-state index >= 15 is 0 Å². The van der Waals surface area contributed by atoms with Gasteiger partial charge in [-0.05, 0) is 33.0 Å². The monoisotopic (exact) mass is 221 g/mol. The molecule has 0 saturated carbocycles. The van der Waals surface area contributed by atoms with Crippen molar-refractivity contribution in [1.29, 1.82) is 0 Å². The van der Waals surface area contributed by atoms with Crippen LogP contribution < -0.4 is 5.32 Å². The summed E-state index contributed by atoms with van der Waals surface area (Å²) in [4.78, 5) is 6.73. The highest BCUT2D eigenvalue weighted by Gasteiger charge is 2.24. The van der Waals surface area contributed by atoms with Crippen LogP contribution in [0.4, 0.5) is 0 Å². The Bertz CT molecular complexity index is 330. The summed E-state index contributed by atoms with van der Waals surface area (Å²) in [5.41, 5.74) is 0. The van der Waals surface area contributed by atoms with Crippen LogP contribution in [-0.2, 0) is 6.54 Å². The fourth-order valence-electron chi connectivity index (χ4n) is 2.11. The van der Waals surface area contributed by atoms with E-state index in [1.165, 1.54) is 6.42 Å². The van der Waals surface area contributed by atoms with Crippen LogP contribution in [0.15, 0.2) is 4.52 Å². The van der Waals surface area contributed by atoms with Gasteiger partial charge in [0, 0.05) is 0 Å². The van der Waals surface area contributed by atoms with Gasteiger partial charge in [0.15, 0.2) is 5.82 Å². The summed E-state index contributed by atoms with van der Waals surface area (Å²) in [6.07, 6.45) is 2.34. The Labute approximate surface area is 96.8 Å². The van der Waals surface area contributed by atoms with Crippen LogP contribution in [-0.4, -0.2) is 42.5 Å². The number of hydrogen-bond donors (Lipinski definition) is 1. The zero-order valence-electron chi connectivity index (χ0n) is 9.94. The molecule has 0 amide bonds. The van der Waals surface area contributed by atoms with Crippen LogP contribution >= 0.6 is 0 Å². The molecule has 1 atom stereocenters. The molecule has 1 aliphatic heterocycles. The van der Waals surface area contributed by atoms with Gasteiger partial charge in [-0.3, -0.25) is 0 Å². The molecule has 0 aliphatic carbocycles. The Balaban J connectivity index is 1.99. The molecule has 1 unspecified atom stereocenters. The number of rotatable bonds is 4. The van der Waals surface area contributed by atoms with Crippen molar-refractivity contribution in [2.75, 3.05) is 20.1 Å². The summed E-state index contributed by atoms with van der Waals surface area (Å²) in [6.45, 7) is 4.88. The van der Waals surface area contributed by atoms with Crippen molar-refractivity contribution in [3.8, 4) is 0 Å². The Kier molecular flexibility index (Phi) is 3.95. The van der Waals surface area contributed by atoms with E-state index in [1.54, 1.807) is 0 Å². The van der Waals surface area contributed by atoms with E-state index in [1.807, 2.05) is 7.05 Å². The van der Waals surface area contributed by atoms with Crippen LogP contribution in [0.1, 0.15) is 30.5 Å². The quantitative estimate of drug-likeness (QED) is 0.756. The average molecular weight is 221 g/mol. The number of nitrogens with zero attached hydrogens (tertiary/aromatic N) is 3. The minimum Gasteiger partial charge on any atom is -0.346 e. The van der Waals surface area contributed by atoms with Gasteiger partial charge in [0.05, 0.1) is 12.5 Å². The lowest BCUT2D eigenvalue weighted by molar-refractivity contribution is 0.268. The Morgan fingerprint density at radius 2 is 2.50 bits per heavy atom. The molecule has 1 N–H and O–H groups in total. The maximum Gasteiger partial charge on any atom is 0.231 e. The molecule has 6 heteroatoms. The Morgan fingerprint density at radius 3 is 3.25 bits per heavy atom. The number of hydrogen-bond acceptors (Lipinski definition) is 5. The highest BCUT2D eigenvalue weighted by molar-refractivity contribution is 6.29. The van der Waals surface area contributed by atoms with Crippen molar-refractivity contribution >= 4 is 7.41 Å². The van der Waals surface area contributed by atoms with Crippen LogP contribution in [0.3, 0.4) is 0 Å². The molecule has 2 rings (SSSR count). The third-order valence-electron chi connectivity index (χ3n) is 2.99. The van der Waals surface area contributed by atoms with Gasteiger partial charge in [0.2, 0.25) is 13.3 Å². The Morgan fingerprint density at radius 1 is 1.62 bits per heavy atom. The molecule has 1 saturated heterocycles. The van der Waals surface area contributed by atoms with E-state index in [9.17, 15) is 0 Å².